The molecule has 0 saturated heterocycles. The average molecular weight is 330 g/mol. The zero-order chi connectivity index (χ0) is 17.7. The molecule has 0 aromatic heterocycles. The van der Waals surface area contributed by atoms with E-state index in [4.69, 9.17) is 10.9 Å². The van der Waals surface area contributed by atoms with Crippen LogP contribution in [0.5, 0.6) is 0 Å². The first-order chi connectivity index (χ1) is 11.5. The van der Waals surface area contributed by atoms with Gasteiger partial charge in [-0.05, 0) is 35.2 Å². The molecule has 2 aromatic carbocycles. The highest BCUT2D eigenvalue weighted by molar-refractivity contribution is 6.01. The standard InChI is InChI=1S/C17H18N2O5/c18-14(20)7-3-6-12(16(21)19-24)15-11-5-2-1-4-10(11)8-9-13(15)17(22)23/h1-2,4-5,8-9,12,24H,3,6-7H2,(H2,18,20)(H,19,21)(H,22,23). The normalized spacial score (nSPS) is 11.9. The molecular formula is C17H18N2O5. The van der Waals surface area contributed by atoms with Gasteiger partial charge in [0, 0.05) is 6.42 Å². The summed E-state index contributed by atoms with van der Waals surface area (Å²) in [5.74, 6) is -3.30. The van der Waals surface area contributed by atoms with Crippen molar-refractivity contribution in [3.05, 3.63) is 47.5 Å². The van der Waals surface area contributed by atoms with E-state index in [1.807, 2.05) is 6.07 Å². The fraction of sp³-hybridized carbons (Fsp3) is 0.235. The van der Waals surface area contributed by atoms with E-state index in [1.54, 1.807) is 29.7 Å². The lowest BCUT2D eigenvalue weighted by atomic mass is 9.85. The molecule has 2 amide bonds. The van der Waals surface area contributed by atoms with Crippen molar-refractivity contribution in [1.29, 1.82) is 0 Å². The minimum Gasteiger partial charge on any atom is -0.478 e. The molecule has 7 nitrogen and oxygen atoms in total. The SMILES string of the molecule is NC(=O)CCCC(C(=O)NO)c1c(C(=O)O)ccc2ccccc12. The molecule has 0 heterocycles. The Bertz CT molecular complexity index is 788. The second kappa shape index (κ2) is 7.56. The summed E-state index contributed by atoms with van der Waals surface area (Å²) >= 11 is 0. The van der Waals surface area contributed by atoms with E-state index in [0.29, 0.717) is 17.4 Å². The van der Waals surface area contributed by atoms with Gasteiger partial charge in [0.1, 0.15) is 0 Å². The largest absolute Gasteiger partial charge is 0.478 e. The van der Waals surface area contributed by atoms with Gasteiger partial charge in [0.15, 0.2) is 0 Å². The van der Waals surface area contributed by atoms with Gasteiger partial charge in [-0.2, -0.15) is 0 Å². The van der Waals surface area contributed by atoms with Crippen LogP contribution < -0.4 is 11.2 Å². The molecule has 0 radical (unpaired) electrons. The number of carboxylic acids is 1. The number of rotatable bonds is 7. The third-order valence-corrected chi connectivity index (χ3v) is 3.89. The predicted octanol–water partition coefficient (Wildman–Crippen LogP) is 1.78. The maximum absolute atomic E-state index is 12.1. The van der Waals surface area contributed by atoms with Gasteiger partial charge in [0.05, 0.1) is 11.5 Å². The van der Waals surface area contributed by atoms with Gasteiger partial charge in [0.25, 0.3) is 5.91 Å². The summed E-state index contributed by atoms with van der Waals surface area (Å²) in [5, 5.41) is 19.9. The van der Waals surface area contributed by atoms with Crippen molar-refractivity contribution in [2.24, 2.45) is 5.73 Å². The second-order valence-corrected chi connectivity index (χ2v) is 5.44. The van der Waals surface area contributed by atoms with Crippen LogP contribution in [0.25, 0.3) is 10.8 Å². The molecule has 7 heteroatoms. The molecule has 1 unspecified atom stereocenters. The van der Waals surface area contributed by atoms with Crippen molar-refractivity contribution in [2.75, 3.05) is 0 Å². The van der Waals surface area contributed by atoms with Crippen LogP contribution in [0.3, 0.4) is 0 Å². The van der Waals surface area contributed by atoms with Crippen LogP contribution in [0.4, 0.5) is 0 Å². The highest BCUT2D eigenvalue weighted by Gasteiger charge is 2.27. The van der Waals surface area contributed by atoms with E-state index in [9.17, 15) is 19.5 Å². The van der Waals surface area contributed by atoms with Crippen molar-refractivity contribution in [3.8, 4) is 0 Å². The number of hydrogen-bond acceptors (Lipinski definition) is 4. The molecule has 0 fully saturated rings. The lowest BCUT2D eigenvalue weighted by Crippen LogP contribution is -2.28. The Morgan fingerprint density at radius 1 is 1.12 bits per heavy atom. The van der Waals surface area contributed by atoms with Gasteiger partial charge in [-0.25, -0.2) is 10.3 Å². The minimum absolute atomic E-state index is 0.0126. The number of carboxylic acid groups (broad SMARTS) is 1. The zero-order valence-electron chi connectivity index (χ0n) is 12.9. The van der Waals surface area contributed by atoms with Crippen LogP contribution in [0.1, 0.15) is 41.1 Å². The highest BCUT2D eigenvalue weighted by Crippen LogP contribution is 2.33. The van der Waals surface area contributed by atoms with Gasteiger partial charge in [-0.15, -0.1) is 0 Å². The van der Waals surface area contributed by atoms with E-state index < -0.39 is 23.7 Å². The maximum Gasteiger partial charge on any atom is 0.336 e. The molecule has 24 heavy (non-hydrogen) atoms. The Morgan fingerprint density at radius 3 is 2.46 bits per heavy atom. The van der Waals surface area contributed by atoms with Crippen LogP contribution in [0, 0.1) is 0 Å². The first-order valence-electron chi connectivity index (χ1n) is 7.43. The fourth-order valence-electron chi connectivity index (χ4n) is 2.82. The minimum atomic E-state index is -1.17. The van der Waals surface area contributed by atoms with Gasteiger partial charge < -0.3 is 10.8 Å². The lowest BCUT2D eigenvalue weighted by molar-refractivity contribution is -0.131. The highest BCUT2D eigenvalue weighted by atomic mass is 16.5. The van der Waals surface area contributed by atoms with Gasteiger partial charge >= 0.3 is 5.97 Å². The molecule has 126 valence electrons. The van der Waals surface area contributed by atoms with Crippen molar-refractivity contribution in [2.45, 2.75) is 25.2 Å². The summed E-state index contributed by atoms with van der Waals surface area (Å²) in [7, 11) is 0. The number of fused-ring (bicyclic) bond motifs is 1. The molecular weight excluding hydrogens is 312 g/mol. The summed E-state index contributed by atoms with van der Waals surface area (Å²) in [5.41, 5.74) is 7.00. The summed E-state index contributed by atoms with van der Waals surface area (Å²) in [6.07, 6.45) is 0.557. The molecule has 0 aliphatic heterocycles. The summed E-state index contributed by atoms with van der Waals surface area (Å²) in [6.45, 7) is 0. The quantitative estimate of drug-likeness (QED) is 0.454. The summed E-state index contributed by atoms with van der Waals surface area (Å²) < 4.78 is 0. The number of primary amides is 1. The van der Waals surface area contributed by atoms with Gasteiger partial charge in [-0.1, -0.05) is 30.3 Å². The van der Waals surface area contributed by atoms with E-state index in [-0.39, 0.29) is 18.4 Å². The summed E-state index contributed by atoms with van der Waals surface area (Å²) in [4.78, 5) is 34.7. The number of nitrogens with one attached hydrogen (secondary N) is 1. The van der Waals surface area contributed by atoms with Crippen LogP contribution >= 0.6 is 0 Å². The van der Waals surface area contributed by atoms with Crippen molar-refractivity contribution < 1.29 is 24.7 Å². The Morgan fingerprint density at radius 2 is 1.83 bits per heavy atom. The topological polar surface area (TPSA) is 130 Å². The smallest absolute Gasteiger partial charge is 0.336 e. The number of carbonyl (C=O) groups is 3. The van der Waals surface area contributed by atoms with Crippen molar-refractivity contribution in [3.63, 3.8) is 0 Å². The third-order valence-electron chi connectivity index (χ3n) is 3.89. The molecule has 1 atom stereocenters. The van der Waals surface area contributed by atoms with E-state index in [2.05, 4.69) is 0 Å². The number of amides is 2. The number of nitrogens with two attached hydrogens (primary N) is 1. The average Bonchev–Trinajstić information content (AvgIpc) is 2.57. The van der Waals surface area contributed by atoms with E-state index in [1.165, 1.54) is 6.07 Å². The predicted molar refractivity (Wildman–Crippen MR) is 86.6 cm³/mol. The number of hydroxylamine groups is 1. The van der Waals surface area contributed by atoms with Crippen molar-refractivity contribution in [1.82, 2.24) is 5.48 Å². The Labute approximate surface area is 138 Å². The lowest BCUT2D eigenvalue weighted by Gasteiger charge is -2.19. The maximum atomic E-state index is 12.1. The van der Waals surface area contributed by atoms with Gasteiger partial charge in [-0.3, -0.25) is 14.8 Å². The molecule has 5 N–H and O–H groups in total. The number of aromatic carboxylic acids is 1. The van der Waals surface area contributed by atoms with Crippen LogP contribution in [-0.4, -0.2) is 28.1 Å². The van der Waals surface area contributed by atoms with Crippen LogP contribution in [-0.2, 0) is 9.59 Å². The number of carbonyl (C=O) groups excluding carboxylic acids is 2. The number of benzene rings is 2. The number of hydrogen-bond donors (Lipinski definition) is 4. The second-order valence-electron chi connectivity index (χ2n) is 5.44. The molecule has 0 saturated carbocycles. The molecule has 0 bridgehead atoms. The Kier molecular flexibility index (Phi) is 5.49. The van der Waals surface area contributed by atoms with Crippen LogP contribution in [0.2, 0.25) is 0 Å². The van der Waals surface area contributed by atoms with E-state index >= 15 is 0 Å². The molecule has 2 aromatic rings. The Balaban J connectivity index is 2.57. The fourth-order valence-corrected chi connectivity index (χ4v) is 2.82. The van der Waals surface area contributed by atoms with Crippen LogP contribution in [0.15, 0.2) is 36.4 Å². The first-order valence-corrected chi connectivity index (χ1v) is 7.43. The zero-order valence-corrected chi connectivity index (χ0v) is 12.9. The van der Waals surface area contributed by atoms with Crippen molar-refractivity contribution >= 4 is 28.6 Å². The monoisotopic (exact) mass is 330 g/mol. The molecule has 0 aliphatic carbocycles. The Hall–Kier alpha value is -2.93. The van der Waals surface area contributed by atoms with Gasteiger partial charge in [0.2, 0.25) is 5.91 Å². The molecule has 0 aliphatic rings. The molecule has 2 rings (SSSR count). The summed E-state index contributed by atoms with van der Waals surface area (Å²) in [6, 6.07) is 10.2. The third kappa shape index (κ3) is 3.69. The van der Waals surface area contributed by atoms with E-state index in [0.717, 1.165) is 5.39 Å². The molecule has 0 spiro atoms. The first kappa shape index (κ1) is 17.4.